The Bertz CT molecular complexity index is 975. The van der Waals surface area contributed by atoms with Crippen molar-refractivity contribution in [1.29, 1.82) is 0 Å². The van der Waals surface area contributed by atoms with Gasteiger partial charge < -0.3 is 14.8 Å². The van der Waals surface area contributed by atoms with Gasteiger partial charge in [-0.3, -0.25) is 4.79 Å². The van der Waals surface area contributed by atoms with Crippen molar-refractivity contribution in [1.82, 2.24) is 20.2 Å². The van der Waals surface area contributed by atoms with E-state index in [0.29, 0.717) is 36.2 Å². The van der Waals surface area contributed by atoms with Crippen LogP contribution >= 0.6 is 15.9 Å². The zero-order valence-electron chi connectivity index (χ0n) is 14.3. The first-order chi connectivity index (χ1) is 13.2. The van der Waals surface area contributed by atoms with Gasteiger partial charge in [0.05, 0.1) is 13.2 Å². The fraction of sp³-hybridized carbons (Fsp3) is 0.222. The topological polar surface area (TPSA) is 91.2 Å². The number of ether oxygens (including phenoxy) is 2. The summed E-state index contributed by atoms with van der Waals surface area (Å²) in [5.41, 5.74) is 1.43. The molecule has 0 atom stereocenters. The number of hydrogen-bond donors (Lipinski definition) is 1. The van der Waals surface area contributed by atoms with Crippen LogP contribution in [0.1, 0.15) is 6.42 Å². The lowest BCUT2D eigenvalue weighted by Gasteiger charge is -2.10. The third kappa shape index (κ3) is 4.08. The molecule has 2 aromatic carbocycles. The number of halogens is 1. The molecule has 0 saturated carbocycles. The quantitative estimate of drug-likeness (QED) is 0.685. The number of anilines is 1. The van der Waals surface area contributed by atoms with Crippen LogP contribution in [-0.4, -0.2) is 39.3 Å². The fourth-order valence-electron chi connectivity index (χ4n) is 2.63. The number of benzene rings is 2. The maximum atomic E-state index is 12.3. The molecule has 0 saturated heterocycles. The Labute approximate surface area is 163 Å². The maximum absolute atomic E-state index is 12.3. The Hall–Kier alpha value is -2.94. The fourth-order valence-corrected chi connectivity index (χ4v) is 3.09. The highest BCUT2D eigenvalue weighted by Crippen LogP contribution is 2.32. The maximum Gasteiger partial charge on any atom is 0.248 e. The smallest absolute Gasteiger partial charge is 0.248 e. The van der Waals surface area contributed by atoms with Crippen molar-refractivity contribution >= 4 is 27.5 Å². The van der Waals surface area contributed by atoms with Crippen molar-refractivity contribution in [2.45, 2.75) is 13.0 Å². The van der Waals surface area contributed by atoms with Crippen LogP contribution in [-0.2, 0) is 11.3 Å². The molecule has 0 aliphatic carbocycles. The van der Waals surface area contributed by atoms with E-state index in [1.807, 2.05) is 24.3 Å². The SMILES string of the molecule is O=C(Cn1nnc(-c2ccccc2Br)n1)Nc1ccc2c(c1)OCCCO2. The second kappa shape index (κ2) is 7.75. The third-order valence-corrected chi connectivity index (χ3v) is 4.58. The number of nitrogens with one attached hydrogen (secondary N) is 1. The van der Waals surface area contributed by atoms with Gasteiger partial charge in [0.2, 0.25) is 11.7 Å². The van der Waals surface area contributed by atoms with E-state index in [0.717, 1.165) is 16.5 Å². The van der Waals surface area contributed by atoms with Crippen LogP contribution in [0.5, 0.6) is 11.5 Å². The van der Waals surface area contributed by atoms with E-state index in [-0.39, 0.29) is 12.5 Å². The van der Waals surface area contributed by atoms with E-state index in [4.69, 9.17) is 9.47 Å². The number of hydrogen-bond acceptors (Lipinski definition) is 6. The number of fused-ring (bicyclic) bond motifs is 1. The lowest BCUT2D eigenvalue weighted by Crippen LogP contribution is -2.20. The molecule has 3 aromatic rings. The van der Waals surface area contributed by atoms with Gasteiger partial charge in [-0.2, -0.15) is 4.80 Å². The van der Waals surface area contributed by atoms with Gasteiger partial charge in [-0.15, -0.1) is 10.2 Å². The molecule has 4 rings (SSSR count). The molecular formula is C18H16BrN5O3. The van der Waals surface area contributed by atoms with Crippen LogP contribution in [0.15, 0.2) is 46.9 Å². The lowest BCUT2D eigenvalue weighted by molar-refractivity contribution is -0.117. The molecule has 9 heteroatoms. The van der Waals surface area contributed by atoms with Gasteiger partial charge >= 0.3 is 0 Å². The van der Waals surface area contributed by atoms with Gasteiger partial charge in [-0.05, 0) is 29.5 Å². The lowest BCUT2D eigenvalue weighted by atomic mass is 10.2. The summed E-state index contributed by atoms with van der Waals surface area (Å²) in [6.45, 7) is 1.16. The molecule has 0 bridgehead atoms. The minimum Gasteiger partial charge on any atom is -0.490 e. The highest BCUT2D eigenvalue weighted by molar-refractivity contribution is 9.10. The second-order valence-corrected chi connectivity index (χ2v) is 6.74. The number of rotatable bonds is 4. The zero-order chi connectivity index (χ0) is 18.6. The Morgan fingerprint density at radius 1 is 1.15 bits per heavy atom. The van der Waals surface area contributed by atoms with E-state index in [9.17, 15) is 4.79 Å². The molecule has 1 amide bonds. The third-order valence-electron chi connectivity index (χ3n) is 3.88. The van der Waals surface area contributed by atoms with Crippen molar-refractivity contribution < 1.29 is 14.3 Å². The first-order valence-corrected chi connectivity index (χ1v) is 9.20. The Balaban J connectivity index is 1.43. The highest BCUT2D eigenvalue weighted by Gasteiger charge is 2.14. The summed E-state index contributed by atoms with van der Waals surface area (Å²) < 4.78 is 12.1. The van der Waals surface area contributed by atoms with Crippen LogP contribution in [0, 0.1) is 0 Å². The number of carbonyl (C=O) groups excluding carboxylic acids is 1. The minimum absolute atomic E-state index is 0.0497. The largest absolute Gasteiger partial charge is 0.490 e. The van der Waals surface area contributed by atoms with Gasteiger partial charge in [-0.1, -0.05) is 28.1 Å². The molecule has 8 nitrogen and oxygen atoms in total. The summed E-state index contributed by atoms with van der Waals surface area (Å²) in [5.74, 6) is 1.49. The predicted molar refractivity (Wildman–Crippen MR) is 102 cm³/mol. The monoisotopic (exact) mass is 429 g/mol. The molecule has 0 fully saturated rings. The summed E-state index contributed by atoms with van der Waals surface area (Å²) in [6.07, 6.45) is 0.828. The number of nitrogens with zero attached hydrogens (tertiary/aromatic N) is 4. The van der Waals surface area contributed by atoms with Gasteiger partial charge in [0.1, 0.15) is 6.54 Å². The Morgan fingerprint density at radius 3 is 2.81 bits per heavy atom. The van der Waals surface area contributed by atoms with Crippen molar-refractivity contribution in [2.24, 2.45) is 0 Å². The number of amides is 1. The zero-order valence-corrected chi connectivity index (χ0v) is 15.8. The predicted octanol–water partition coefficient (Wildman–Crippen LogP) is 2.90. The molecular weight excluding hydrogens is 414 g/mol. The summed E-state index contributed by atoms with van der Waals surface area (Å²) >= 11 is 3.45. The van der Waals surface area contributed by atoms with E-state index >= 15 is 0 Å². The highest BCUT2D eigenvalue weighted by atomic mass is 79.9. The van der Waals surface area contributed by atoms with Gasteiger partial charge in [0, 0.05) is 28.2 Å². The summed E-state index contributed by atoms with van der Waals surface area (Å²) in [7, 11) is 0. The van der Waals surface area contributed by atoms with E-state index in [1.165, 1.54) is 4.80 Å². The van der Waals surface area contributed by atoms with Crippen molar-refractivity contribution in [2.75, 3.05) is 18.5 Å². The summed E-state index contributed by atoms with van der Waals surface area (Å²) in [6, 6.07) is 12.9. The van der Waals surface area contributed by atoms with Crippen LogP contribution in [0.2, 0.25) is 0 Å². The molecule has 1 aromatic heterocycles. The molecule has 27 heavy (non-hydrogen) atoms. The molecule has 2 heterocycles. The van der Waals surface area contributed by atoms with Gasteiger partial charge in [0.15, 0.2) is 11.5 Å². The second-order valence-electron chi connectivity index (χ2n) is 5.88. The normalized spacial score (nSPS) is 13.1. The molecule has 138 valence electrons. The average molecular weight is 430 g/mol. The summed E-state index contributed by atoms with van der Waals surface area (Å²) in [5, 5.41) is 15.0. The standard InChI is InChI=1S/C18H16BrN5O3/c19-14-5-2-1-4-13(14)18-21-23-24(22-18)11-17(25)20-12-6-7-15-16(10-12)27-9-3-8-26-15/h1-2,4-7,10H,3,8-9,11H2,(H,20,25). The first kappa shape index (κ1) is 17.5. The average Bonchev–Trinajstić information content (AvgIpc) is 2.98. The Kier molecular flexibility index (Phi) is 5.01. The van der Waals surface area contributed by atoms with Crippen molar-refractivity contribution in [3.8, 4) is 22.9 Å². The Morgan fingerprint density at radius 2 is 1.96 bits per heavy atom. The number of carbonyl (C=O) groups is 1. The molecule has 1 N–H and O–H groups in total. The van der Waals surface area contributed by atoms with Gasteiger partial charge in [-0.25, -0.2) is 0 Å². The minimum atomic E-state index is -0.263. The van der Waals surface area contributed by atoms with Crippen LogP contribution in [0.25, 0.3) is 11.4 Å². The number of aromatic nitrogens is 4. The summed E-state index contributed by atoms with van der Waals surface area (Å²) in [4.78, 5) is 13.6. The molecule has 0 radical (unpaired) electrons. The van der Waals surface area contributed by atoms with Crippen molar-refractivity contribution in [3.05, 3.63) is 46.9 Å². The van der Waals surface area contributed by atoms with Crippen LogP contribution < -0.4 is 14.8 Å². The van der Waals surface area contributed by atoms with Crippen LogP contribution in [0.3, 0.4) is 0 Å². The number of tetrazole rings is 1. The van der Waals surface area contributed by atoms with E-state index in [1.54, 1.807) is 18.2 Å². The van der Waals surface area contributed by atoms with E-state index < -0.39 is 0 Å². The first-order valence-electron chi connectivity index (χ1n) is 8.41. The van der Waals surface area contributed by atoms with Gasteiger partial charge in [0.25, 0.3) is 0 Å². The molecule has 0 spiro atoms. The molecule has 1 aliphatic rings. The molecule has 1 aliphatic heterocycles. The molecule has 0 unspecified atom stereocenters. The van der Waals surface area contributed by atoms with Crippen LogP contribution in [0.4, 0.5) is 5.69 Å². The van der Waals surface area contributed by atoms with E-state index in [2.05, 4.69) is 36.7 Å². The van der Waals surface area contributed by atoms with Crippen molar-refractivity contribution in [3.63, 3.8) is 0 Å².